The van der Waals surface area contributed by atoms with Crippen LogP contribution in [0, 0.1) is 12.7 Å². The maximum absolute atomic E-state index is 13.3. The summed E-state index contributed by atoms with van der Waals surface area (Å²) in [6.45, 7) is 6.52. The van der Waals surface area contributed by atoms with Crippen LogP contribution in [0.4, 0.5) is 15.1 Å². The third-order valence-electron chi connectivity index (χ3n) is 5.45. The van der Waals surface area contributed by atoms with E-state index < -0.39 is 0 Å². The number of nitrogens with zero attached hydrogens (tertiary/aromatic N) is 4. The van der Waals surface area contributed by atoms with Crippen molar-refractivity contribution < 1.29 is 13.9 Å². The predicted octanol–water partition coefficient (Wildman–Crippen LogP) is 2.07. The minimum atomic E-state index is -0.299. The fourth-order valence-corrected chi connectivity index (χ4v) is 3.82. The lowest BCUT2D eigenvalue weighted by Crippen LogP contribution is -2.41. The standard InChI is InChI=1S/C21H26FN5O2/c1-15-18-5-7-27(21(28)23-14-16-3-2-4-17(22)13-16)8-6-19(18)25-20(24-15)26-9-11-29-12-10-26/h2-4,13H,5-12,14H2,1H3,(H,23,28). The van der Waals surface area contributed by atoms with Crippen LogP contribution in [0.5, 0.6) is 0 Å². The van der Waals surface area contributed by atoms with Gasteiger partial charge in [-0.25, -0.2) is 19.2 Å². The van der Waals surface area contributed by atoms with Crippen LogP contribution in [-0.2, 0) is 24.1 Å². The number of fused-ring (bicyclic) bond motifs is 1. The van der Waals surface area contributed by atoms with Gasteiger partial charge in [0.2, 0.25) is 5.95 Å². The Kier molecular flexibility index (Phi) is 5.89. The van der Waals surface area contributed by atoms with Crippen molar-refractivity contribution in [1.82, 2.24) is 20.2 Å². The highest BCUT2D eigenvalue weighted by molar-refractivity contribution is 5.74. The molecule has 7 nitrogen and oxygen atoms in total. The zero-order valence-corrected chi connectivity index (χ0v) is 16.7. The Morgan fingerprint density at radius 3 is 2.76 bits per heavy atom. The largest absolute Gasteiger partial charge is 0.378 e. The van der Waals surface area contributed by atoms with Gasteiger partial charge in [0.1, 0.15) is 5.82 Å². The van der Waals surface area contributed by atoms with Gasteiger partial charge < -0.3 is 19.9 Å². The highest BCUT2D eigenvalue weighted by Gasteiger charge is 2.23. The lowest BCUT2D eigenvalue weighted by atomic mass is 10.1. The number of carbonyl (C=O) groups excluding carboxylic acids is 1. The molecule has 0 unspecified atom stereocenters. The summed E-state index contributed by atoms with van der Waals surface area (Å²) in [5, 5.41) is 2.89. The number of benzene rings is 1. The lowest BCUT2D eigenvalue weighted by Gasteiger charge is -2.27. The third-order valence-corrected chi connectivity index (χ3v) is 5.45. The molecule has 29 heavy (non-hydrogen) atoms. The fraction of sp³-hybridized carbons (Fsp3) is 0.476. The van der Waals surface area contributed by atoms with Gasteiger partial charge in [0.25, 0.3) is 0 Å². The van der Waals surface area contributed by atoms with E-state index in [0.29, 0.717) is 39.3 Å². The average molecular weight is 399 g/mol. The van der Waals surface area contributed by atoms with Gasteiger partial charge in [-0.1, -0.05) is 12.1 Å². The highest BCUT2D eigenvalue weighted by atomic mass is 19.1. The number of morpholine rings is 1. The van der Waals surface area contributed by atoms with Gasteiger partial charge in [-0.3, -0.25) is 0 Å². The number of aromatic nitrogens is 2. The molecule has 4 rings (SSSR count). The van der Waals surface area contributed by atoms with Gasteiger partial charge in [-0.2, -0.15) is 0 Å². The number of halogens is 1. The van der Waals surface area contributed by atoms with Gasteiger partial charge in [0, 0.05) is 44.8 Å². The van der Waals surface area contributed by atoms with E-state index in [-0.39, 0.29) is 11.8 Å². The van der Waals surface area contributed by atoms with Gasteiger partial charge in [0.05, 0.1) is 18.9 Å². The molecular formula is C21H26FN5O2. The van der Waals surface area contributed by atoms with E-state index in [9.17, 15) is 9.18 Å². The summed E-state index contributed by atoms with van der Waals surface area (Å²) in [6.07, 6.45) is 1.43. The first-order chi connectivity index (χ1) is 14.1. The van der Waals surface area contributed by atoms with E-state index in [4.69, 9.17) is 14.7 Å². The second-order valence-electron chi connectivity index (χ2n) is 7.41. The van der Waals surface area contributed by atoms with Crippen LogP contribution in [0.2, 0.25) is 0 Å². The van der Waals surface area contributed by atoms with Gasteiger partial charge in [-0.15, -0.1) is 0 Å². The Hall–Kier alpha value is -2.74. The summed E-state index contributed by atoms with van der Waals surface area (Å²) in [5.74, 6) is 0.459. The maximum atomic E-state index is 13.3. The molecule has 0 radical (unpaired) electrons. The molecule has 0 saturated carbocycles. The number of urea groups is 1. The number of ether oxygens (including phenoxy) is 1. The zero-order chi connectivity index (χ0) is 20.2. The third kappa shape index (κ3) is 4.64. The number of hydrogen-bond donors (Lipinski definition) is 1. The molecule has 0 bridgehead atoms. The molecule has 1 saturated heterocycles. The number of anilines is 1. The molecule has 0 aliphatic carbocycles. The second kappa shape index (κ2) is 8.73. The SMILES string of the molecule is Cc1nc(N2CCOCC2)nc2c1CCN(C(=O)NCc1cccc(F)c1)CC2. The van der Waals surface area contributed by atoms with E-state index in [1.807, 2.05) is 6.92 Å². The van der Waals surface area contributed by atoms with E-state index in [2.05, 4.69) is 10.2 Å². The summed E-state index contributed by atoms with van der Waals surface area (Å²) in [4.78, 5) is 26.1. The number of carbonyl (C=O) groups is 1. The molecule has 1 fully saturated rings. The fourth-order valence-electron chi connectivity index (χ4n) is 3.82. The average Bonchev–Trinajstić information content (AvgIpc) is 2.96. The van der Waals surface area contributed by atoms with Crippen LogP contribution in [0.25, 0.3) is 0 Å². The van der Waals surface area contributed by atoms with Crippen molar-refractivity contribution in [1.29, 1.82) is 0 Å². The molecular weight excluding hydrogens is 373 g/mol. The van der Waals surface area contributed by atoms with Crippen molar-refractivity contribution in [2.45, 2.75) is 26.3 Å². The molecule has 2 aliphatic heterocycles. The molecule has 0 atom stereocenters. The predicted molar refractivity (Wildman–Crippen MR) is 107 cm³/mol. The summed E-state index contributed by atoms with van der Waals surface area (Å²) >= 11 is 0. The normalized spacial score (nSPS) is 16.9. The van der Waals surface area contributed by atoms with Gasteiger partial charge in [0.15, 0.2) is 0 Å². The topological polar surface area (TPSA) is 70.6 Å². The quantitative estimate of drug-likeness (QED) is 0.856. The first kappa shape index (κ1) is 19.6. The smallest absolute Gasteiger partial charge is 0.317 e. The second-order valence-corrected chi connectivity index (χ2v) is 7.41. The van der Waals surface area contributed by atoms with E-state index in [0.717, 1.165) is 48.0 Å². The molecule has 2 aliphatic rings. The maximum Gasteiger partial charge on any atom is 0.317 e. The van der Waals surface area contributed by atoms with Crippen LogP contribution in [0.3, 0.4) is 0 Å². The Balaban J connectivity index is 1.40. The van der Waals surface area contributed by atoms with Gasteiger partial charge in [-0.05, 0) is 36.6 Å². The van der Waals surface area contributed by atoms with Crippen LogP contribution in [-0.4, -0.2) is 60.3 Å². The summed E-state index contributed by atoms with van der Waals surface area (Å²) in [5.41, 5.74) is 3.90. The Morgan fingerprint density at radius 1 is 1.17 bits per heavy atom. The first-order valence-corrected chi connectivity index (χ1v) is 10.1. The number of hydrogen-bond acceptors (Lipinski definition) is 5. The summed E-state index contributed by atoms with van der Waals surface area (Å²) in [7, 11) is 0. The van der Waals surface area contributed by atoms with Crippen molar-refractivity contribution in [2.75, 3.05) is 44.3 Å². The minimum absolute atomic E-state index is 0.138. The Labute approximate surface area is 169 Å². The van der Waals surface area contributed by atoms with E-state index in [1.54, 1.807) is 17.0 Å². The van der Waals surface area contributed by atoms with Crippen molar-refractivity contribution >= 4 is 12.0 Å². The zero-order valence-electron chi connectivity index (χ0n) is 16.7. The lowest BCUT2D eigenvalue weighted by molar-refractivity contribution is 0.122. The molecule has 2 aromatic rings. The molecule has 1 aromatic carbocycles. The van der Waals surface area contributed by atoms with Crippen molar-refractivity contribution in [3.8, 4) is 0 Å². The van der Waals surface area contributed by atoms with Crippen molar-refractivity contribution in [3.63, 3.8) is 0 Å². The first-order valence-electron chi connectivity index (χ1n) is 10.1. The molecule has 0 spiro atoms. The molecule has 1 N–H and O–H groups in total. The Bertz CT molecular complexity index is 885. The number of rotatable bonds is 3. The summed E-state index contributed by atoms with van der Waals surface area (Å²) < 4.78 is 18.7. The van der Waals surface area contributed by atoms with E-state index in [1.165, 1.54) is 12.1 Å². The van der Waals surface area contributed by atoms with Crippen LogP contribution in [0.15, 0.2) is 24.3 Å². The highest BCUT2D eigenvalue weighted by Crippen LogP contribution is 2.21. The van der Waals surface area contributed by atoms with Crippen molar-refractivity contribution in [3.05, 3.63) is 52.6 Å². The molecule has 3 heterocycles. The molecule has 8 heteroatoms. The Morgan fingerprint density at radius 2 is 1.97 bits per heavy atom. The van der Waals surface area contributed by atoms with Crippen LogP contribution >= 0.6 is 0 Å². The molecule has 2 amide bonds. The van der Waals surface area contributed by atoms with Gasteiger partial charge >= 0.3 is 6.03 Å². The number of nitrogens with one attached hydrogen (secondary N) is 1. The summed E-state index contributed by atoms with van der Waals surface area (Å²) in [6, 6.07) is 6.14. The number of amides is 2. The van der Waals surface area contributed by atoms with Crippen LogP contribution < -0.4 is 10.2 Å². The molecule has 154 valence electrons. The molecule has 1 aromatic heterocycles. The van der Waals surface area contributed by atoms with Crippen LogP contribution in [0.1, 0.15) is 22.5 Å². The minimum Gasteiger partial charge on any atom is -0.378 e. The van der Waals surface area contributed by atoms with E-state index >= 15 is 0 Å². The monoisotopic (exact) mass is 399 g/mol. The van der Waals surface area contributed by atoms with Crippen molar-refractivity contribution in [2.24, 2.45) is 0 Å². The number of aryl methyl sites for hydroxylation is 1.